The van der Waals surface area contributed by atoms with E-state index in [1.54, 1.807) is 0 Å². The SMILES string of the molecule is CC[C@@H]1CC(C(=O)NCCNCc2ccc(CN3CCCNCCNCCCNCC3)cc2Br)C[C@@H](O[C@@H]2O[C@@H](CO)[C@H](O)C(OC(CC3CCCCC3)C(=O)O)C2NC(C)=O)C1O[C@@H]1OC(C)[C@@H](O)C(O)[C@@H]1O. The first-order chi connectivity index (χ1) is 35.7. The maximum atomic E-state index is 14.1. The molecule has 12 N–H and O–H groups in total. The first-order valence-electron chi connectivity index (χ1n) is 27.4. The number of carboxylic acid groups (broad SMARTS) is 1. The van der Waals surface area contributed by atoms with Gasteiger partial charge in [-0.3, -0.25) is 14.5 Å². The second-order valence-electron chi connectivity index (χ2n) is 21.0. The van der Waals surface area contributed by atoms with Gasteiger partial charge in [-0.15, -0.1) is 0 Å². The average Bonchev–Trinajstić information content (AvgIpc) is 3.38. The fourth-order valence-electron chi connectivity index (χ4n) is 11.1. The van der Waals surface area contributed by atoms with Gasteiger partial charge in [0.2, 0.25) is 11.8 Å². The van der Waals surface area contributed by atoms with Crippen LogP contribution in [0.15, 0.2) is 22.7 Å². The Morgan fingerprint density at radius 1 is 0.838 bits per heavy atom. The van der Waals surface area contributed by atoms with Crippen LogP contribution in [-0.2, 0) is 51.2 Å². The number of benzene rings is 1. The Hall–Kier alpha value is -2.49. The third-order valence-corrected chi connectivity index (χ3v) is 16.1. The standard InChI is InChI=1S/C52H88BrN7O14/c1-4-35-26-37(49(67)58-20-19-57-28-36-13-12-34(24-38(36)53)29-60-22-9-16-55-18-17-54-14-8-15-56-21-23-60)27-39(47(35)74-52-46(66)45(65)43(63)31(2)70-52)72-51-42(59-32(3)62)48(44(64)41(30-61)73-51)71-40(50(68)69)25-33-10-6-5-7-11-33/h12-13,24,31,33,35,37,39-48,51-52,54-57,61,63-66H,4-11,14-23,25-30H2,1-3H3,(H,58,67)(H,59,62)(H,68,69)/t31?,35-,37?,39-,40?,41+,42?,43-,44+,45?,46+,47?,48?,51-,52+/m1/s1. The molecule has 7 unspecified atom stereocenters. The van der Waals surface area contributed by atoms with Gasteiger partial charge < -0.3 is 86.2 Å². The first kappa shape index (κ1) is 60.7. The van der Waals surface area contributed by atoms with E-state index in [0.29, 0.717) is 32.5 Å². The van der Waals surface area contributed by atoms with Crippen molar-refractivity contribution in [3.05, 3.63) is 33.8 Å². The number of carbonyl (C=O) groups excluding carboxylic acids is 2. The van der Waals surface area contributed by atoms with Gasteiger partial charge in [0.1, 0.15) is 42.7 Å². The van der Waals surface area contributed by atoms with Gasteiger partial charge >= 0.3 is 5.97 Å². The number of ether oxygens (including phenoxy) is 5. The van der Waals surface area contributed by atoms with Gasteiger partial charge in [0.15, 0.2) is 18.7 Å². The van der Waals surface area contributed by atoms with E-state index in [4.69, 9.17) is 23.7 Å². The monoisotopic (exact) mass is 1110 g/mol. The second kappa shape index (κ2) is 31.2. The molecule has 74 heavy (non-hydrogen) atoms. The van der Waals surface area contributed by atoms with E-state index in [2.05, 4.69) is 70.9 Å². The molecule has 0 bridgehead atoms. The van der Waals surface area contributed by atoms with Crippen LogP contribution in [0.5, 0.6) is 0 Å². The number of aliphatic hydroxyl groups is 5. The molecule has 0 radical (unpaired) electrons. The van der Waals surface area contributed by atoms with Crippen LogP contribution in [0.2, 0.25) is 0 Å². The Morgan fingerprint density at radius 2 is 1.57 bits per heavy atom. The molecule has 22 heteroatoms. The summed E-state index contributed by atoms with van der Waals surface area (Å²) in [5.74, 6) is -2.95. The molecule has 21 nitrogen and oxygen atoms in total. The van der Waals surface area contributed by atoms with E-state index in [9.17, 15) is 45.0 Å². The Balaban J connectivity index is 1.12. The number of carbonyl (C=O) groups is 3. The lowest BCUT2D eigenvalue weighted by atomic mass is 9.75. The summed E-state index contributed by atoms with van der Waals surface area (Å²) in [5, 5.41) is 84.5. The van der Waals surface area contributed by atoms with Crippen LogP contribution in [0.4, 0.5) is 0 Å². The second-order valence-corrected chi connectivity index (χ2v) is 21.9. The Labute approximate surface area is 445 Å². The molecule has 6 rings (SSSR count). The number of aliphatic carboxylic acids is 1. The Kier molecular flexibility index (Phi) is 25.6. The van der Waals surface area contributed by atoms with Crippen molar-refractivity contribution in [3.8, 4) is 0 Å². The smallest absolute Gasteiger partial charge is 0.332 e. The van der Waals surface area contributed by atoms with E-state index in [1.807, 2.05) is 6.92 Å². The third kappa shape index (κ3) is 18.0. The van der Waals surface area contributed by atoms with E-state index >= 15 is 0 Å². The third-order valence-electron chi connectivity index (χ3n) is 15.4. The fourth-order valence-corrected chi connectivity index (χ4v) is 11.7. The Bertz CT molecular complexity index is 1840. The van der Waals surface area contributed by atoms with Crippen LogP contribution >= 0.6 is 15.9 Å². The number of hydrogen-bond acceptors (Lipinski definition) is 18. The minimum absolute atomic E-state index is 0.0514. The molecule has 3 heterocycles. The van der Waals surface area contributed by atoms with Crippen LogP contribution in [0.25, 0.3) is 0 Å². The van der Waals surface area contributed by atoms with Crippen LogP contribution in [0.1, 0.15) is 103 Å². The predicted octanol–water partition coefficient (Wildman–Crippen LogP) is 0.445. The zero-order valence-electron chi connectivity index (χ0n) is 43.7. The summed E-state index contributed by atoms with van der Waals surface area (Å²) in [6.45, 7) is 14.1. The highest BCUT2D eigenvalue weighted by atomic mass is 79.9. The lowest BCUT2D eigenvalue weighted by Gasteiger charge is -2.49. The van der Waals surface area contributed by atoms with Crippen LogP contribution in [0, 0.1) is 17.8 Å². The summed E-state index contributed by atoms with van der Waals surface area (Å²) in [7, 11) is 0. The van der Waals surface area contributed by atoms with Crippen LogP contribution in [-0.4, -0.2) is 205 Å². The molecule has 1 aromatic carbocycles. The molecule has 422 valence electrons. The zero-order chi connectivity index (χ0) is 53.1. The summed E-state index contributed by atoms with van der Waals surface area (Å²) >= 11 is 3.80. The number of rotatable bonds is 20. The first-order valence-corrected chi connectivity index (χ1v) is 28.2. The quantitative estimate of drug-likeness (QED) is 0.0790. The number of nitrogens with zero attached hydrogens (tertiary/aromatic N) is 1. The predicted molar refractivity (Wildman–Crippen MR) is 277 cm³/mol. The molecule has 3 saturated heterocycles. The molecular weight excluding hydrogens is 1030 g/mol. The molecule has 0 aromatic heterocycles. The van der Waals surface area contributed by atoms with Crippen LogP contribution < -0.4 is 31.9 Å². The topological polar surface area (TPSA) is 294 Å². The van der Waals surface area contributed by atoms with Gasteiger partial charge in [0.25, 0.3) is 0 Å². The average molecular weight is 1120 g/mol. The van der Waals surface area contributed by atoms with Crippen molar-refractivity contribution in [2.45, 2.75) is 184 Å². The van der Waals surface area contributed by atoms with Crippen molar-refractivity contribution >= 4 is 33.7 Å². The summed E-state index contributed by atoms with van der Waals surface area (Å²) in [4.78, 5) is 42.2. The number of amides is 2. The molecular formula is C52H88BrN7O14. The molecule has 2 saturated carbocycles. The fraction of sp³-hybridized carbons (Fsp3) is 0.827. The van der Waals surface area contributed by atoms with Gasteiger partial charge in [-0.2, -0.15) is 0 Å². The zero-order valence-corrected chi connectivity index (χ0v) is 45.3. The van der Waals surface area contributed by atoms with Gasteiger partial charge in [0.05, 0.1) is 24.9 Å². The normalized spacial score (nSPS) is 34.0. The van der Waals surface area contributed by atoms with Gasteiger partial charge in [-0.1, -0.05) is 73.5 Å². The number of aliphatic hydroxyl groups excluding tert-OH is 5. The molecule has 2 aliphatic carbocycles. The van der Waals surface area contributed by atoms with Gasteiger partial charge in [-0.25, -0.2) is 4.79 Å². The lowest BCUT2D eigenvalue weighted by molar-refractivity contribution is -0.338. The van der Waals surface area contributed by atoms with E-state index in [0.717, 1.165) is 114 Å². The van der Waals surface area contributed by atoms with Crippen molar-refractivity contribution in [3.63, 3.8) is 0 Å². The molecule has 5 fully saturated rings. The Morgan fingerprint density at radius 3 is 2.26 bits per heavy atom. The highest BCUT2D eigenvalue weighted by Gasteiger charge is 2.53. The summed E-state index contributed by atoms with van der Waals surface area (Å²) in [5.41, 5.74) is 2.31. The minimum atomic E-state index is -1.64. The highest BCUT2D eigenvalue weighted by molar-refractivity contribution is 9.10. The maximum Gasteiger partial charge on any atom is 0.332 e. The van der Waals surface area contributed by atoms with Gasteiger partial charge in [-0.05, 0) is 94.2 Å². The summed E-state index contributed by atoms with van der Waals surface area (Å²) in [6.07, 6.45) is -8.07. The summed E-state index contributed by atoms with van der Waals surface area (Å²) < 4.78 is 32.5. The van der Waals surface area contributed by atoms with Crippen molar-refractivity contribution < 1.29 is 68.7 Å². The van der Waals surface area contributed by atoms with Crippen LogP contribution in [0.3, 0.4) is 0 Å². The number of hydrogen-bond donors (Lipinski definition) is 12. The molecule has 0 spiro atoms. The lowest BCUT2D eigenvalue weighted by Crippen LogP contribution is -2.67. The molecule has 3 aliphatic heterocycles. The highest BCUT2D eigenvalue weighted by Crippen LogP contribution is 2.40. The van der Waals surface area contributed by atoms with E-state index in [-0.39, 0.29) is 24.7 Å². The molecule has 1 aromatic rings. The van der Waals surface area contributed by atoms with Crippen molar-refractivity contribution in [2.24, 2.45) is 17.8 Å². The number of nitrogens with one attached hydrogen (secondary N) is 6. The van der Waals surface area contributed by atoms with E-state index in [1.165, 1.54) is 19.4 Å². The van der Waals surface area contributed by atoms with Crippen molar-refractivity contribution in [1.82, 2.24) is 36.8 Å². The number of halogens is 1. The largest absolute Gasteiger partial charge is 0.479 e. The minimum Gasteiger partial charge on any atom is -0.479 e. The molecule has 2 amide bonds. The maximum absolute atomic E-state index is 14.1. The van der Waals surface area contributed by atoms with Gasteiger partial charge in [0, 0.05) is 69.7 Å². The van der Waals surface area contributed by atoms with Crippen molar-refractivity contribution in [2.75, 3.05) is 72.1 Å². The number of carboxylic acids is 1. The summed E-state index contributed by atoms with van der Waals surface area (Å²) in [6, 6.07) is 5.18. The molecule has 15 atom stereocenters. The molecule has 5 aliphatic rings. The van der Waals surface area contributed by atoms with E-state index < -0.39 is 110 Å². The van der Waals surface area contributed by atoms with Crippen molar-refractivity contribution in [1.29, 1.82) is 0 Å².